The largest absolute Gasteiger partial charge is 0.399 e. The van der Waals surface area contributed by atoms with Crippen LogP contribution < -0.4 is 10.6 Å². The van der Waals surface area contributed by atoms with Gasteiger partial charge in [0.1, 0.15) is 0 Å². The van der Waals surface area contributed by atoms with Crippen molar-refractivity contribution < 1.29 is 0 Å². The highest BCUT2D eigenvalue weighted by molar-refractivity contribution is 5.64. The van der Waals surface area contributed by atoms with Crippen molar-refractivity contribution >= 4 is 11.4 Å². The van der Waals surface area contributed by atoms with Gasteiger partial charge in [0.25, 0.3) is 0 Å². The van der Waals surface area contributed by atoms with E-state index in [1.54, 1.807) is 0 Å². The fourth-order valence-corrected chi connectivity index (χ4v) is 2.37. The monoisotopic (exact) mass is 228 g/mol. The van der Waals surface area contributed by atoms with Crippen LogP contribution in [0.25, 0.3) is 0 Å². The molecule has 88 valence electrons. The van der Waals surface area contributed by atoms with Gasteiger partial charge in [0.05, 0.1) is 12.2 Å². The van der Waals surface area contributed by atoms with Crippen LogP contribution in [0, 0.1) is 0 Å². The third-order valence-corrected chi connectivity index (χ3v) is 3.22. The molecular weight excluding hydrogens is 212 g/mol. The summed E-state index contributed by atoms with van der Waals surface area (Å²) in [4.78, 5) is 2.34. The van der Waals surface area contributed by atoms with E-state index in [1.807, 2.05) is 24.0 Å². The number of nitrogens with two attached hydrogens (primary N) is 1. The van der Waals surface area contributed by atoms with Crippen molar-refractivity contribution in [3.63, 3.8) is 0 Å². The summed E-state index contributed by atoms with van der Waals surface area (Å²) in [7, 11) is 1.94. The molecule has 4 nitrogen and oxygen atoms in total. The molecule has 0 spiro atoms. The van der Waals surface area contributed by atoms with Crippen molar-refractivity contribution in [2.75, 3.05) is 17.2 Å². The summed E-state index contributed by atoms with van der Waals surface area (Å²) in [6.45, 7) is 1.91. The van der Waals surface area contributed by atoms with Crippen molar-refractivity contribution in [2.45, 2.75) is 13.0 Å². The van der Waals surface area contributed by atoms with Gasteiger partial charge in [-0.25, -0.2) is 0 Å². The lowest BCUT2D eigenvalue weighted by Gasteiger charge is -2.18. The first kappa shape index (κ1) is 10.2. The van der Waals surface area contributed by atoms with E-state index >= 15 is 0 Å². The summed E-state index contributed by atoms with van der Waals surface area (Å²) < 4.78 is 1.84. The zero-order chi connectivity index (χ0) is 11.8. The predicted molar refractivity (Wildman–Crippen MR) is 68.8 cm³/mol. The molecule has 0 fully saturated rings. The van der Waals surface area contributed by atoms with E-state index in [0.717, 1.165) is 30.9 Å². The lowest BCUT2D eigenvalue weighted by Crippen LogP contribution is -2.20. The van der Waals surface area contributed by atoms with Crippen LogP contribution in [0.2, 0.25) is 0 Å². The normalized spacial score (nSPS) is 14.1. The van der Waals surface area contributed by atoms with E-state index in [1.165, 1.54) is 11.3 Å². The van der Waals surface area contributed by atoms with Gasteiger partial charge < -0.3 is 10.6 Å². The topological polar surface area (TPSA) is 47.1 Å². The molecule has 0 bridgehead atoms. The maximum atomic E-state index is 5.84. The Kier molecular flexibility index (Phi) is 2.28. The molecule has 0 radical (unpaired) electrons. The lowest BCUT2D eigenvalue weighted by molar-refractivity contribution is 0.725. The third-order valence-electron chi connectivity index (χ3n) is 3.22. The molecule has 1 aliphatic heterocycles. The summed E-state index contributed by atoms with van der Waals surface area (Å²) in [6.07, 6.45) is 3.08. The maximum absolute atomic E-state index is 5.84. The number of anilines is 2. The predicted octanol–water partition coefficient (Wildman–Crippen LogP) is 1.56. The Balaban J connectivity index is 1.86. The van der Waals surface area contributed by atoms with Gasteiger partial charge >= 0.3 is 0 Å². The van der Waals surface area contributed by atoms with Crippen molar-refractivity contribution in [2.24, 2.45) is 7.05 Å². The Bertz CT molecular complexity index is 544. The second-order valence-electron chi connectivity index (χ2n) is 4.54. The molecule has 17 heavy (non-hydrogen) atoms. The molecule has 4 heteroatoms. The SMILES string of the molecule is Cn1ccc(CN2CCc3ccc(N)cc32)n1. The number of aryl methyl sites for hydroxylation is 1. The fraction of sp³-hybridized carbons (Fsp3) is 0.308. The van der Waals surface area contributed by atoms with Crippen LogP contribution in [0.15, 0.2) is 30.5 Å². The molecule has 2 aromatic rings. The van der Waals surface area contributed by atoms with Crippen molar-refractivity contribution in [1.82, 2.24) is 9.78 Å². The molecule has 0 amide bonds. The summed E-state index contributed by atoms with van der Waals surface area (Å²) in [6, 6.07) is 8.22. The van der Waals surface area contributed by atoms with Crippen LogP contribution in [-0.2, 0) is 20.0 Å². The standard InChI is InChI=1S/C13H16N4/c1-16-6-5-12(15-16)9-17-7-4-10-2-3-11(14)8-13(10)17/h2-3,5-6,8H,4,7,9,14H2,1H3. The number of nitrogens with zero attached hydrogens (tertiary/aromatic N) is 3. The Hall–Kier alpha value is -1.97. The number of hydrogen-bond acceptors (Lipinski definition) is 3. The van der Waals surface area contributed by atoms with Crippen molar-refractivity contribution in [1.29, 1.82) is 0 Å². The second kappa shape index (κ2) is 3.80. The highest BCUT2D eigenvalue weighted by atomic mass is 15.3. The van der Waals surface area contributed by atoms with Gasteiger partial charge in [-0.15, -0.1) is 0 Å². The molecule has 0 saturated heterocycles. The Morgan fingerprint density at radius 1 is 1.35 bits per heavy atom. The van der Waals surface area contributed by atoms with E-state index in [0.29, 0.717) is 0 Å². The number of rotatable bonds is 2. The van der Waals surface area contributed by atoms with E-state index in [2.05, 4.69) is 28.2 Å². The van der Waals surface area contributed by atoms with Crippen LogP contribution in [0.3, 0.4) is 0 Å². The molecule has 1 aromatic heterocycles. The zero-order valence-corrected chi connectivity index (χ0v) is 9.93. The van der Waals surface area contributed by atoms with Crippen LogP contribution in [0.5, 0.6) is 0 Å². The van der Waals surface area contributed by atoms with E-state index in [9.17, 15) is 0 Å². The number of fused-ring (bicyclic) bond motifs is 1. The van der Waals surface area contributed by atoms with Crippen LogP contribution in [0.4, 0.5) is 11.4 Å². The van der Waals surface area contributed by atoms with Crippen LogP contribution >= 0.6 is 0 Å². The van der Waals surface area contributed by atoms with Gasteiger partial charge in [-0.2, -0.15) is 5.10 Å². The van der Waals surface area contributed by atoms with E-state index in [4.69, 9.17) is 5.73 Å². The highest BCUT2D eigenvalue weighted by Crippen LogP contribution is 2.30. The van der Waals surface area contributed by atoms with Crippen LogP contribution in [-0.4, -0.2) is 16.3 Å². The van der Waals surface area contributed by atoms with Gasteiger partial charge in [-0.1, -0.05) is 6.07 Å². The highest BCUT2D eigenvalue weighted by Gasteiger charge is 2.19. The van der Waals surface area contributed by atoms with E-state index in [-0.39, 0.29) is 0 Å². The quantitative estimate of drug-likeness (QED) is 0.794. The maximum Gasteiger partial charge on any atom is 0.0817 e. The third kappa shape index (κ3) is 1.86. The van der Waals surface area contributed by atoms with Gasteiger partial charge in [-0.05, 0) is 30.2 Å². The van der Waals surface area contributed by atoms with Crippen molar-refractivity contribution in [3.8, 4) is 0 Å². The molecule has 3 rings (SSSR count). The fourth-order valence-electron chi connectivity index (χ4n) is 2.37. The number of benzene rings is 1. The van der Waals surface area contributed by atoms with Gasteiger partial charge in [0.15, 0.2) is 0 Å². The van der Waals surface area contributed by atoms with E-state index < -0.39 is 0 Å². The molecule has 0 saturated carbocycles. The first-order valence-electron chi connectivity index (χ1n) is 5.84. The Morgan fingerprint density at radius 2 is 2.24 bits per heavy atom. The summed E-state index contributed by atoms with van der Waals surface area (Å²) in [5.41, 5.74) is 10.4. The number of hydrogen-bond donors (Lipinski definition) is 1. The minimum Gasteiger partial charge on any atom is -0.399 e. The molecule has 2 N–H and O–H groups in total. The molecule has 1 aliphatic rings. The molecule has 0 unspecified atom stereocenters. The first-order valence-corrected chi connectivity index (χ1v) is 5.84. The zero-order valence-electron chi connectivity index (χ0n) is 9.93. The number of nitrogen functional groups attached to an aromatic ring is 1. The molecule has 0 aliphatic carbocycles. The average molecular weight is 228 g/mol. The van der Waals surface area contributed by atoms with Gasteiger partial charge in [-0.3, -0.25) is 4.68 Å². The molecule has 0 atom stereocenters. The smallest absolute Gasteiger partial charge is 0.0817 e. The lowest BCUT2D eigenvalue weighted by atomic mass is 10.1. The summed E-state index contributed by atoms with van der Waals surface area (Å²) in [5.74, 6) is 0. The molecule has 2 heterocycles. The summed E-state index contributed by atoms with van der Waals surface area (Å²) in [5, 5.41) is 4.41. The number of aromatic nitrogens is 2. The second-order valence-corrected chi connectivity index (χ2v) is 4.54. The minimum absolute atomic E-state index is 0.830. The Labute approximate surface area is 101 Å². The Morgan fingerprint density at radius 3 is 3.00 bits per heavy atom. The first-order chi connectivity index (χ1) is 8.22. The average Bonchev–Trinajstić information content (AvgIpc) is 2.87. The minimum atomic E-state index is 0.830. The summed E-state index contributed by atoms with van der Waals surface area (Å²) >= 11 is 0. The molecular formula is C13H16N4. The molecule has 1 aromatic carbocycles. The van der Waals surface area contributed by atoms with Crippen molar-refractivity contribution in [3.05, 3.63) is 41.7 Å². The van der Waals surface area contributed by atoms with Gasteiger partial charge in [0.2, 0.25) is 0 Å². The van der Waals surface area contributed by atoms with Crippen LogP contribution in [0.1, 0.15) is 11.3 Å². The van der Waals surface area contributed by atoms with Gasteiger partial charge in [0, 0.05) is 31.2 Å².